The number of amides is 2. The quantitative estimate of drug-likeness (QED) is 0.391. The Morgan fingerprint density at radius 1 is 1.12 bits per heavy atom. The number of rotatable bonds is 7. The van der Waals surface area contributed by atoms with Gasteiger partial charge in [0.25, 0.3) is 0 Å². The minimum atomic E-state index is -0.780. The van der Waals surface area contributed by atoms with E-state index in [-0.39, 0.29) is 24.3 Å². The normalized spacial score (nSPS) is 19.2. The third-order valence-electron chi connectivity index (χ3n) is 7.12. The first-order valence-corrected chi connectivity index (χ1v) is 14.3. The zero-order chi connectivity index (χ0) is 28.9. The standard InChI is InChI=1S/C30H39ClN4O5/c1-5-39-25(36)9-7-15-33-28(37)24-19-34(16-17-35(24)29(38)40-30(2,3)4)27-23-13-12-22(31)18-21(23)11-10-20-8-6-14-32-26(20)27/h6,8,12-14,18,24,27H,5,7,9-11,15-17,19H2,1-4H3,(H,33,37). The van der Waals surface area contributed by atoms with E-state index in [1.807, 2.05) is 39.0 Å². The molecule has 1 aliphatic heterocycles. The van der Waals surface area contributed by atoms with Crippen molar-refractivity contribution in [3.8, 4) is 0 Å². The Balaban J connectivity index is 1.60. The molecule has 0 saturated carbocycles. The van der Waals surface area contributed by atoms with E-state index in [0.717, 1.165) is 35.2 Å². The van der Waals surface area contributed by atoms with Crippen LogP contribution in [0.4, 0.5) is 4.79 Å². The van der Waals surface area contributed by atoms with E-state index in [2.05, 4.69) is 22.3 Å². The zero-order valence-electron chi connectivity index (χ0n) is 23.7. The van der Waals surface area contributed by atoms with Crippen LogP contribution in [0.1, 0.15) is 69.0 Å². The fourth-order valence-corrected chi connectivity index (χ4v) is 5.54. The fraction of sp³-hybridized carbons (Fsp3) is 0.533. The van der Waals surface area contributed by atoms with E-state index in [9.17, 15) is 14.4 Å². The van der Waals surface area contributed by atoms with Gasteiger partial charge < -0.3 is 14.8 Å². The zero-order valence-corrected chi connectivity index (χ0v) is 24.5. The van der Waals surface area contributed by atoms with Crippen molar-refractivity contribution in [2.24, 2.45) is 0 Å². The number of halogens is 1. The topological polar surface area (TPSA) is 101 Å². The average Bonchev–Trinajstić information content (AvgIpc) is 3.06. The van der Waals surface area contributed by atoms with Crippen molar-refractivity contribution in [1.29, 1.82) is 0 Å². The van der Waals surface area contributed by atoms with Gasteiger partial charge >= 0.3 is 12.1 Å². The van der Waals surface area contributed by atoms with Crippen molar-refractivity contribution < 1.29 is 23.9 Å². The number of hydrogen-bond acceptors (Lipinski definition) is 7. The summed E-state index contributed by atoms with van der Waals surface area (Å²) < 4.78 is 10.6. The molecule has 216 valence electrons. The molecule has 2 amide bonds. The molecule has 0 bridgehead atoms. The van der Waals surface area contributed by atoms with Crippen LogP contribution in [-0.4, -0.2) is 77.2 Å². The maximum absolute atomic E-state index is 13.5. The van der Waals surface area contributed by atoms with Gasteiger partial charge in [-0.25, -0.2) is 4.79 Å². The van der Waals surface area contributed by atoms with Gasteiger partial charge in [0, 0.05) is 43.8 Å². The molecule has 1 fully saturated rings. The first-order valence-electron chi connectivity index (χ1n) is 14.0. The molecule has 1 aromatic heterocycles. The maximum Gasteiger partial charge on any atom is 0.411 e. The van der Waals surface area contributed by atoms with Crippen LogP contribution < -0.4 is 5.32 Å². The van der Waals surface area contributed by atoms with Gasteiger partial charge in [0.1, 0.15) is 11.6 Å². The first-order chi connectivity index (χ1) is 19.1. The number of benzene rings is 1. The number of aryl methyl sites for hydroxylation is 2. The predicted octanol–water partition coefficient (Wildman–Crippen LogP) is 4.30. The summed E-state index contributed by atoms with van der Waals surface area (Å²) >= 11 is 6.37. The Morgan fingerprint density at radius 3 is 2.65 bits per heavy atom. The second-order valence-electron chi connectivity index (χ2n) is 11.2. The van der Waals surface area contributed by atoms with Gasteiger partial charge in [0.05, 0.1) is 18.3 Å². The number of piperazine rings is 1. The van der Waals surface area contributed by atoms with E-state index in [1.54, 1.807) is 13.1 Å². The lowest BCUT2D eigenvalue weighted by atomic mass is 9.95. The molecule has 2 heterocycles. The number of aromatic nitrogens is 1. The lowest BCUT2D eigenvalue weighted by Gasteiger charge is -2.44. The molecule has 2 atom stereocenters. The van der Waals surface area contributed by atoms with E-state index in [0.29, 0.717) is 44.2 Å². The highest BCUT2D eigenvalue weighted by Crippen LogP contribution is 2.38. The van der Waals surface area contributed by atoms with Crippen molar-refractivity contribution in [3.05, 3.63) is 63.9 Å². The van der Waals surface area contributed by atoms with E-state index in [1.165, 1.54) is 4.90 Å². The Labute approximate surface area is 241 Å². The van der Waals surface area contributed by atoms with Crippen LogP contribution in [0.2, 0.25) is 5.02 Å². The maximum atomic E-state index is 13.5. The summed E-state index contributed by atoms with van der Waals surface area (Å²) in [5.41, 5.74) is 3.69. The van der Waals surface area contributed by atoms with Crippen molar-refractivity contribution in [3.63, 3.8) is 0 Å². The minimum Gasteiger partial charge on any atom is -0.466 e. The number of pyridine rings is 1. The van der Waals surface area contributed by atoms with Crippen LogP contribution >= 0.6 is 11.6 Å². The summed E-state index contributed by atoms with van der Waals surface area (Å²) in [6.07, 6.45) is 3.62. The molecule has 1 aliphatic carbocycles. The summed E-state index contributed by atoms with van der Waals surface area (Å²) in [5, 5.41) is 3.61. The lowest BCUT2D eigenvalue weighted by molar-refractivity contribution is -0.143. The molecule has 1 saturated heterocycles. The first kappa shape index (κ1) is 29.8. The second-order valence-corrected chi connectivity index (χ2v) is 11.6. The van der Waals surface area contributed by atoms with Crippen LogP contribution in [0.3, 0.4) is 0 Å². The van der Waals surface area contributed by atoms with Gasteiger partial charge in [-0.2, -0.15) is 0 Å². The Hall–Kier alpha value is -3.17. The number of nitrogens with one attached hydrogen (secondary N) is 1. The molecule has 40 heavy (non-hydrogen) atoms. The number of carbonyl (C=O) groups excluding carboxylic acids is 3. The Bertz CT molecular complexity index is 1230. The number of fused-ring (bicyclic) bond motifs is 2. The Kier molecular flexibility index (Phi) is 9.68. The van der Waals surface area contributed by atoms with E-state index < -0.39 is 17.7 Å². The van der Waals surface area contributed by atoms with E-state index in [4.69, 9.17) is 26.1 Å². The molecular weight excluding hydrogens is 532 g/mol. The lowest BCUT2D eigenvalue weighted by Crippen LogP contribution is -2.61. The monoisotopic (exact) mass is 570 g/mol. The van der Waals surface area contributed by atoms with Gasteiger partial charge in [-0.15, -0.1) is 0 Å². The van der Waals surface area contributed by atoms with Crippen molar-refractivity contribution in [2.45, 2.75) is 71.1 Å². The fourth-order valence-electron chi connectivity index (χ4n) is 5.35. The second kappa shape index (κ2) is 13.0. The molecule has 4 rings (SSSR count). The number of esters is 1. The molecule has 2 unspecified atom stereocenters. The summed E-state index contributed by atoms with van der Waals surface area (Å²) in [6.45, 7) is 8.95. The summed E-state index contributed by atoms with van der Waals surface area (Å²) in [4.78, 5) is 47.0. The van der Waals surface area contributed by atoms with Crippen LogP contribution in [0, 0.1) is 0 Å². The van der Waals surface area contributed by atoms with E-state index >= 15 is 0 Å². The van der Waals surface area contributed by atoms with Crippen molar-refractivity contribution in [1.82, 2.24) is 20.1 Å². The molecule has 1 aromatic carbocycles. The molecular formula is C30H39ClN4O5. The summed E-state index contributed by atoms with van der Waals surface area (Å²) in [7, 11) is 0. The molecule has 2 aliphatic rings. The van der Waals surface area contributed by atoms with Crippen LogP contribution in [0.5, 0.6) is 0 Å². The van der Waals surface area contributed by atoms with Crippen LogP contribution in [0.15, 0.2) is 36.5 Å². The molecule has 0 radical (unpaired) electrons. The Morgan fingerprint density at radius 2 is 1.90 bits per heavy atom. The highest BCUT2D eigenvalue weighted by molar-refractivity contribution is 6.30. The number of nitrogens with zero attached hydrogens (tertiary/aromatic N) is 3. The molecule has 1 N–H and O–H groups in total. The van der Waals surface area contributed by atoms with Gasteiger partial charge in [0.2, 0.25) is 5.91 Å². The van der Waals surface area contributed by atoms with Gasteiger partial charge in [-0.3, -0.25) is 24.4 Å². The highest BCUT2D eigenvalue weighted by atomic mass is 35.5. The molecule has 10 heteroatoms. The van der Waals surface area contributed by atoms with Crippen LogP contribution in [-0.2, 0) is 31.9 Å². The summed E-state index contributed by atoms with van der Waals surface area (Å²) in [6, 6.07) is 9.05. The van der Waals surface area contributed by atoms with Crippen LogP contribution in [0.25, 0.3) is 0 Å². The van der Waals surface area contributed by atoms with Gasteiger partial charge in [-0.1, -0.05) is 23.7 Å². The third kappa shape index (κ3) is 7.31. The average molecular weight is 571 g/mol. The third-order valence-corrected chi connectivity index (χ3v) is 7.35. The van der Waals surface area contributed by atoms with Crippen molar-refractivity contribution >= 4 is 29.6 Å². The molecule has 2 aromatic rings. The minimum absolute atomic E-state index is 0.189. The van der Waals surface area contributed by atoms with Crippen molar-refractivity contribution in [2.75, 3.05) is 32.8 Å². The number of ether oxygens (including phenoxy) is 2. The number of hydrogen-bond donors (Lipinski definition) is 1. The molecule has 0 spiro atoms. The van der Waals surface area contributed by atoms with Gasteiger partial charge in [0.15, 0.2) is 0 Å². The summed E-state index contributed by atoms with van der Waals surface area (Å²) in [5.74, 6) is -0.583. The molecule has 9 nitrogen and oxygen atoms in total. The number of carbonyl (C=O) groups is 3. The highest BCUT2D eigenvalue weighted by Gasteiger charge is 2.41. The smallest absolute Gasteiger partial charge is 0.411 e. The largest absolute Gasteiger partial charge is 0.466 e. The SMILES string of the molecule is CCOC(=O)CCCNC(=O)C1CN(C2c3ccc(Cl)cc3CCc3cccnc32)CCN1C(=O)OC(C)(C)C. The van der Waals surface area contributed by atoms with Gasteiger partial charge in [-0.05, 0) is 81.8 Å². The predicted molar refractivity (Wildman–Crippen MR) is 152 cm³/mol.